The van der Waals surface area contributed by atoms with Crippen molar-refractivity contribution in [3.05, 3.63) is 53.1 Å². The monoisotopic (exact) mass is 456 g/mol. The van der Waals surface area contributed by atoms with Crippen molar-refractivity contribution < 1.29 is 36.2 Å². The summed E-state index contributed by atoms with van der Waals surface area (Å²) in [5, 5.41) is 0. The van der Waals surface area contributed by atoms with Gasteiger partial charge in [0.1, 0.15) is 22.9 Å². The Bertz CT molecular complexity index is 961. The van der Waals surface area contributed by atoms with Gasteiger partial charge in [0.15, 0.2) is 11.5 Å². The fraction of sp³-hybridized carbons (Fsp3) is 0.500. The molecule has 2 aromatic carbocycles. The average Bonchev–Trinajstić information content (AvgIpc) is 3.00. The zero-order chi connectivity index (χ0) is 23.1. The van der Waals surface area contributed by atoms with Crippen LogP contribution in [0.4, 0.5) is 22.0 Å². The van der Waals surface area contributed by atoms with E-state index in [0.717, 1.165) is 69.7 Å². The van der Waals surface area contributed by atoms with Crippen LogP contribution in [-0.2, 0) is 6.11 Å². The van der Waals surface area contributed by atoms with Crippen molar-refractivity contribution in [3.63, 3.8) is 0 Å². The summed E-state index contributed by atoms with van der Waals surface area (Å²) in [6, 6.07) is 2.76. The van der Waals surface area contributed by atoms with Gasteiger partial charge in [-0.2, -0.15) is 13.2 Å². The first-order valence-corrected chi connectivity index (χ1v) is 10.8. The fourth-order valence-electron chi connectivity index (χ4n) is 4.63. The minimum atomic E-state index is -4.29. The minimum Gasteiger partial charge on any atom is -0.429 e. The molecule has 1 aliphatic carbocycles. The standard InChI is InChI=1S/C24H25F5O3/c1-3-4-14-5-7-15(8-6-14)16-11-18(25)22(19(26)12-16)24(28,29)30-17-9-10-20-21(13-17)32-23(2,27)31-20/h9-15H,3-8H2,1-2H3. The molecule has 1 heterocycles. The normalized spacial score (nSPS) is 25.1. The van der Waals surface area contributed by atoms with Crippen LogP contribution >= 0.6 is 0 Å². The van der Waals surface area contributed by atoms with E-state index in [-0.39, 0.29) is 17.4 Å². The average molecular weight is 456 g/mol. The molecule has 0 saturated heterocycles. The number of hydrogen-bond acceptors (Lipinski definition) is 3. The minimum absolute atomic E-state index is 0.000961. The Labute approximate surface area is 183 Å². The first kappa shape index (κ1) is 22.7. The highest BCUT2D eigenvalue weighted by atomic mass is 19.3. The highest BCUT2D eigenvalue weighted by Crippen LogP contribution is 2.45. The topological polar surface area (TPSA) is 27.7 Å². The highest BCUT2D eigenvalue weighted by molar-refractivity contribution is 5.48. The Hall–Kier alpha value is -2.51. The smallest absolute Gasteiger partial charge is 0.429 e. The predicted octanol–water partition coefficient (Wildman–Crippen LogP) is 7.58. The molecule has 0 spiro atoms. The van der Waals surface area contributed by atoms with Crippen molar-refractivity contribution >= 4 is 0 Å². The number of benzene rings is 2. The first-order chi connectivity index (χ1) is 15.1. The zero-order valence-corrected chi connectivity index (χ0v) is 17.9. The van der Waals surface area contributed by atoms with E-state index < -0.39 is 35.1 Å². The van der Waals surface area contributed by atoms with Gasteiger partial charge in [-0.05, 0) is 67.3 Å². The van der Waals surface area contributed by atoms with Crippen molar-refractivity contribution in [3.8, 4) is 17.2 Å². The van der Waals surface area contributed by atoms with Crippen LogP contribution in [-0.4, -0.2) is 6.04 Å². The van der Waals surface area contributed by atoms with E-state index in [1.807, 2.05) is 0 Å². The van der Waals surface area contributed by atoms with Crippen LogP contribution in [0.2, 0.25) is 0 Å². The van der Waals surface area contributed by atoms with E-state index >= 15 is 0 Å². The maximum absolute atomic E-state index is 14.7. The summed E-state index contributed by atoms with van der Waals surface area (Å²) in [7, 11) is 0. The molecule has 1 saturated carbocycles. The summed E-state index contributed by atoms with van der Waals surface area (Å²) in [6.07, 6.45) is 1.41. The molecule has 1 fully saturated rings. The van der Waals surface area contributed by atoms with Gasteiger partial charge in [-0.1, -0.05) is 19.8 Å². The molecular weight excluding hydrogens is 431 g/mol. The van der Waals surface area contributed by atoms with Crippen LogP contribution in [0.5, 0.6) is 17.2 Å². The van der Waals surface area contributed by atoms with Gasteiger partial charge in [-0.15, -0.1) is 0 Å². The zero-order valence-electron chi connectivity index (χ0n) is 17.9. The number of hydrogen-bond donors (Lipinski definition) is 0. The second kappa shape index (κ2) is 8.45. The van der Waals surface area contributed by atoms with Gasteiger partial charge in [0, 0.05) is 13.0 Å². The molecule has 8 heteroatoms. The lowest BCUT2D eigenvalue weighted by Crippen LogP contribution is -2.27. The summed E-state index contributed by atoms with van der Waals surface area (Å²) in [5.74, 6) is -2.78. The van der Waals surface area contributed by atoms with Crippen molar-refractivity contribution in [2.24, 2.45) is 5.92 Å². The van der Waals surface area contributed by atoms with E-state index in [2.05, 4.69) is 11.7 Å². The Balaban J connectivity index is 1.52. The lowest BCUT2D eigenvalue weighted by molar-refractivity contribution is -0.189. The Kier molecular flexibility index (Phi) is 5.98. The molecule has 2 aliphatic rings. The van der Waals surface area contributed by atoms with Gasteiger partial charge in [0.2, 0.25) is 0 Å². The number of alkyl halides is 3. The summed E-state index contributed by atoms with van der Waals surface area (Å²) in [4.78, 5) is 0. The van der Waals surface area contributed by atoms with Gasteiger partial charge in [0.25, 0.3) is 0 Å². The number of fused-ring (bicyclic) bond motifs is 1. The van der Waals surface area contributed by atoms with E-state index in [1.54, 1.807) is 0 Å². The molecule has 0 N–H and O–H groups in total. The van der Waals surface area contributed by atoms with Gasteiger partial charge < -0.3 is 14.2 Å². The molecule has 1 aliphatic heterocycles. The molecule has 3 nitrogen and oxygen atoms in total. The molecule has 0 radical (unpaired) electrons. The second-order valence-corrected chi connectivity index (χ2v) is 8.63. The van der Waals surface area contributed by atoms with E-state index in [9.17, 15) is 22.0 Å². The van der Waals surface area contributed by atoms with Gasteiger partial charge >= 0.3 is 12.1 Å². The maximum Gasteiger partial charge on any atom is 0.432 e. The lowest BCUT2D eigenvalue weighted by atomic mass is 9.77. The molecule has 4 rings (SSSR count). The Morgan fingerprint density at radius 2 is 1.62 bits per heavy atom. The highest BCUT2D eigenvalue weighted by Gasteiger charge is 2.43. The summed E-state index contributed by atoms with van der Waals surface area (Å²) < 4.78 is 86.9. The van der Waals surface area contributed by atoms with Crippen molar-refractivity contribution in [1.82, 2.24) is 0 Å². The third kappa shape index (κ3) is 4.64. The maximum atomic E-state index is 14.7. The van der Waals surface area contributed by atoms with Gasteiger partial charge in [0.05, 0.1) is 0 Å². The van der Waals surface area contributed by atoms with E-state index in [1.165, 1.54) is 6.07 Å². The summed E-state index contributed by atoms with van der Waals surface area (Å²) in [6.45, 7) is 3.13. The van der Waals surface area contributed by atoms with Crippen molar-refractivity contribution in [2.75, 3.05) is 0 Å². The van der Waals surface area contributed by atoms with Crippen molar-refractivity contribution in [2.45, 2.75) is 70.4 Å². The second-order valence-electron chi connectivity index (χ2n) is 8.63. The summed E-state index contributed by atoms with van der Waals surface area (Å²) >= 11 is 0. The van der Waals surface area contributed by atoms with Crippen LogP contribution < -0.4 is 14.2 Å². The number of ether oxygens (including phenoxy) is 3. The lowest BCUT2D eigenvalue weighted by Gasteiger charge is -2.29. The third-order valence-corrected chi connectivity index (χ3v) is 6.12. The molecule has 0 bridgehead atoms. The van der Waals surface area contributed by atoms with Crippen LogP contribution in [0.3, 0.4) is 0 Å². The van der Waals surface area contributed by atoms with Crippen molar-refractivity contribution in [1.29, 1.82) is 0 Å². The Morgan fingerprint density at radius 3 is 2.25 bits per heavy atom. The molecule has 1 atom stereocenters. The summed E-state index contributed by atoms with van der Waals surface area (Å²) in [5.41, 5.74) is -1.08. The first-order valence-electron chi connectivity index (χ1n) is 10.8. The number of rotatable bonds is 6. The number of halogens is 5. The van der Waals surface area contributed by atoms with Crippen LogP contribution in [0.1, 0.15) is 69.4 Å². The molecular formula is C24H25F5O3. The predicted molar refractivity (Wildman–Crippen MR) is 108 cm³/mol. The molecule has 174 valence electrons. The van der Waals surface area contributed by atoms with Crippen LogP contribution in [0.15, 0.2) is 30.3 Å². The SMILES string of the molecule is CCCC1CCC(c2cc(F)c(C(F)(F)Oc3ccc4c(c3)OC(C)(F)O4)c(F)c2)CC1. The molecule has 1 unspecified atom stereocenters. The molecule has 0 aromatic heterocycles. The van der Waals surface area contributed by atoms with E-state index in [4.69, 9.17) is 9.47 Å². The van der Waals surface area contributed by atoms with E-state index in [0.29, 0.717) is 11.5 Å². The molecule has 0 amide bonds. The van der Waals surface area contributed by atoms with Gasteiger partial charge in [-0.3, -0.25) is 0 Å². The Morgan fingerprint density at radius 1 is 1.00 bits per heavy atom. The third-order valence-electron chi connectivity index (χ3n) is 6.12. The van der Waals surface area contributed by atoms with Gasteiger partial charge in [-0.25, -0.2) is 8.78 Å². The fourth-order valence-corrected chi connectivity index (χ4v) is 4.63. The largest absolute Gasteiger partial charge is 0.432 e. The molecule has 2 aromatic rings. The molecule has 32 heavy (non-hydrogen) atoms. The van der Waals surface area contributed by atoms with Crippen LogP contribution in [0.25, 0.3) is 0 Å². The van der Waals surface area contributed by atoms with Crippen LogP contribution in [0, 0.1) is 17.6 Å². The quantitative estimate of drug-likeness (QED) is 0.419.